The maximum Gasteiger partial charge on any atom is 0.430 e. The van der Waals surface area contributed by atoms with Crippen LogP contribution in [-0.2, 0) is 10.4 Å². The molecule has 0 aliphatic rings. The minimum absolute atomic E-state index is 0.0181. The Bertz CT molecular complexity index is 851. The van der Waals surface area contributed by atoms with E-state index < -0.39 is 29.5 Å². The maximum atomic E-state index is 12.9. The number of halogens is 6. The predicted octanol–water partition coefficient (Wildman–Crippen LogP) is 4.06. The highest BCUT2D eigenvalue weighted by molar-refractivity contribution is 5.87. The van der Waals surface area contributed by atoms with Gasteiger partial charge in [0.25, 0.3) is 5.60 Å². The van der Waals surface area contributed by atoms with Crippen LogP contribution in [0.1, 0.15) is 17.0 Å². The summed E-state index contributed by atoms with van der Waals surface area (Å²) in [6, 6.07) is 2.78. The molecular formula is C16H11F6NO4. The Balaban J connectivity index is 2.53. The number of aromatic nitrogens is 1. The van der Waals surface area contributed by atoms with Gasteiger partial charge in [-0.1, -0.05) is 29.4 Å². The molecule has 0 radical (unpaired) electrons. The van der Waals surface area contributed by atoms with E-state index in [1.54, 1.807) is 0 Å². The molecule has 0 aliphatic carbocycles. The van der Waals surface area contributed by atoms with Gasteiger partial charge in [-0.25, -0.2) is 4.79 Å². The van der Waals surface area contributed by atoms with Crippen molar-refractivity contribution >= 4 is 12.0 Å². The highest BCUT2D eigenvalue weighted by Crippen LogP contribution is 2.50. The van der Waals surface area contributed by atoms with Gasteiger partial charge in [-0.15, -0.1) is 0 Å². The molecule has 11 heteroatoms. The van der Waals surface area contributed by atoms with Crippen molar-refractivity contribution in [3.63, 3.8) is 0 Å². The average Bonchev–Trinajstić information content (AvgIpc) is 2.91. The smallest absolute Gasteiger partial charge is 0.430 e. The fraction of sp³-hybridized carbons (Fsp3) is 0.250. The number of hydrogen-bond donors (Lipinski definition) is 2. The molecule has 1 aromatic carbocycles. The van der Waals surface area contributed by atoms with Crippen LogP contribution in [0.5, 0.6) is 0 Å². The molecule has 2 N–H and O–H groups in total. The molecule has 0 aliphatic heterocycles. The summed E-state index contributed by atoms with van der Waals surface area (Å²) in [4.78, 5) is 10.6. The average molecular weight is 395 g/mol. The first-order chi connectivity index (χ1) is 12.3. The summed E-state index contributed by atoms with van der Waals surface area (Å²) in [7, 11) is 0. The van der Waals surface area contributed by atoms with Crippen LogP contribution in [-0.4, -0.2) is 33.7 Å². The standard InChI is InChI=1S/C16H11F6NO4/c1-8-13(11(23-27-8)6-7-12(24)25)9-2-4-10(5-3-9)14(26,15(17,18)19)16(20,21)22/h2-7,26H,1H3,(H,24,25). The molecular weight excluding hydrogens is 384 g/mol. The summed E-state index contributed by atoms with van der Waals surface area (Å²) in [5.41, 5.74) is -6.13. The van der Waals surface area contributed by atoms with Crippen molar-refractivity contribution in [1.29, 1.82) is 0 Å². The van der Waals surface area contributed by atoms with Crippen LogP contribution >= 0.6 is 0 Å². The fourth-order valence-electron chi connectivity index (χ4n) is 2.37. The van der Waals surface area contributed by atoms with Gasteiger partial charge in [-0.05, 0) is 18.6 Å². The first-order valence-corrected chi connectivity index (χ1v) is 7.13. The minimum atomic E-state index is -5.99. The number of carboxylic acid groups (broad SMARTS) is 1. The summed E-state index contributed by atoms with van der Waals surface area (Å²) in [6.07, 6.45) is -10.2. The monoisotopic (exact) mass is 395 g/mol. The second kappa shape index (κ2) is 6.72. The van der Waals surface area contributed by atoms with Crippen LogP contribution in [0.2, 0.25) is 0 Å². The number of carboxylic acids is 1. The van der Waals surface area contributed by atoms with E-state index >= 15 is 0 Å². The molecule has 5 nitrogen and oxygen atoms in total. The highest BCUT2D eigenvalue weighted by Gasteiger charge is 2.71. The molecule has 2 rings (SSSR count). The van der Waals surface area contributed by atoms with Crippen LogP contribution in [0.15, 0.2) is 34.9 Å². The molecule has 146 valence electrons. The molecule has 1 aromatic heterocycles. The number of carbonyl (C=O) groups is 1. The first-order valence-electron chi connectivity index (χ1n) is 7.13. The molecule has 0 fully saturated rings. The molecule has 0 saturated heterocycles. The molecule has 0 amide bonds. The van der Waals surface area contributed by atoms with Crippen molar-refractivity contribution in [3.8, 4) is 11.1 Å². The van der Waals surface area contributed by atoms with Gasteiger partial charge in [0.1, 0.15) is 11.5 Å². The third-order valence-corrected chi connectivity index (χ3v) is 3.68. The number of rotatable bonds is 4. The molecule has 27 heavy (non-hydrogen) atoms. The van der Waals surface area contributed by atoms with E-state index in [0.717, 1.165) is 24.3 Å². The van der Waals surface area contributed by atoms with Gasteiger partial charge in [0, 0.05) is 11.6 Å². The van der Waals surface area contributed by atoms with Crippen LogP contribution in [0.4, 0.5) is 26.3 Å². The lowest BCUT2D eigenvalue weighted by molar-refractivity contribution is -0.376. The second-order valence-electron chi connectivity index (χ2n) is 5.45. The lowest BCUT2D eigenvalue weighted by Crippen LogP contribution is -2.53. The SMILES string of the molecule is Cc1onc(C=CC(=O)O)c1-c1ccc(C(O)(C(F)(F)F)C(F)(F)F)cc1. The number of benzene rings is 1. The van der Waals surface area contributed by atoms with Crippen LogP contribution in [0.3, 0.4) is 0 Å². The molecule has 2 aromatic rings. The van der Waals surface area contributed by atoms with Gasteiger partial charge in [0.2, 0.25) is 0 Å². The lowest BCUT2D eigenvalue weighted by atomic mass is 9.90. The minimum Gasteiger partial charge on any atom is -0.478 e. The van der Waals surface area contributed by atoms with Crippen molar-refractivity contribution in [2.75, 3.05) is 0 Å². The van der Waals surface area contributed by atoms with Gasteiger partial charge in [-0.3, -0.25) is 0 Å². The molecule has 0 bridgehead atoms. The number of aliphatic hydroxyl groups is 1. The topological polar surface area (TPSA) is 83.6 Å². The Labute approximate surface area is 147 Å². The first kappa shape index (κ1) is 20.5. The zero-order valence-corrected chi connectivity index (χ0v) is 13.4. The van der Waals surface area contributed by atoms with Crippen LogP contribution < -0.4 is 0 Å². The largest absolute Gasteiger partial charge is 0.478 e. The quantitative estimate of drug-likeness (QED) is 0.603. The van der Waals surface area contributed by atoms with E-state index in [2.05, 4.69) is 5.16 Å². The number of aryl methyl sites for hydroxylation is 1. The van der Waals surface area contributed by atoms with Crippen molar-refractivity contribution in [2.24, 2.45) is 0 Å². The van der Waals surface area contributed by atoms with Crippen molar-refractivity contribution in [2.45, 2.75) is 24.9 Å². The summed E-state index contributed by atoms with van der Waals surface area (Å²) in [5, 5.41) is 21.6. The number of alkyl halides is 6. The van der Waals surface area contributed by atoms with E-state index in [0.29, 0.717) is 12.1 Å². The van der Waals surface area contributed by atoms with E-state index in [9.17, 15) is 36.2 Å². The molecule has 0 spiro atoms. The summed E-state index contributed by atoms with van der Waals surface area (Å²) in [6.45, 7) is 1.43. The fourth-order valence-corrected chi connectivity index (χ4v) is 2.37. The normalized spacial score (nSPS) is 13.3. The zero-order chi connectivity index (χ0) is 20.6. The molecule has 1 heterocycles. The Morgan fingerprint density at radius 3 is 2.04 bits per heavy atom. The Kier molecular flexibility index (Phi) is 5.10. The van der Waals surface area contributed by atoms with Gasteiger partial charge in [-0.2, -0.15) is 26.3 Å². The Hall–Kier alpha value is -2.82. The summed E-state index contributed by atoms with van der Waals surface area (Å²) >= 11 is 0. The van der Waals surface area contributed by atoms with Gasteiger partial charge in [0.05, 0.1) is 5.56 Å². The molecule has 0 saturated carbocycles. The summed E-state index contributed by atoms with van der Waals surface area (Å²) in [5.74, 6) is -1.13. The molecule has 0 atom stereocenters. The van der Waals surface area contributed by atoms with Crippen molar-refractivity contribution < 1.29 is 45.9 Å². The second-order valence-corrected chi connectivity index (χ2v) is 5.45. The predicted molar refractivity (Wildman–Crippen MR) is 79.4 cm³/mol. The number of hydrogen-bond acceptors (Lipinski definition) is 4. The Morgan fingerprint density at radius 1 is 1.07 bits per heavy atom. The zero-order valence-electron chi connectivity index (χ0n) is 13.4. The van der Waals surface area contributed by atoms with Crippen molar-refractivity contribution in [3.05, 3.63) is 47.4 Å². The lowest BCUT2D eigenvalue weighted by Gasteiger charge is -2.32. The number of aliphatic carboxylic acids is 1. The Morgan fingerprint density at radius 2 is 1.59 bits per heavy atom. The van der Waals surface area contributed by atoms with Crippen LogP contribution in [0, 0.1) is 6.92 Å². The van der Waals surface area contributed by atoms with Gasteiger partial charge in [0.15, 0.2) is 0 Å². The third-order valence-electron chi connectivity index (χ3n) is 3.68. The highest BCUT2D eigenvalue weighted by atomic mass is 19.4. The van der Waals surface area contributed by atoms with E-state index in [1.807, 2.05) is 0 Å². The molecule has 0 unspecified atom stereocenters. The van der Waals surface area contributed by atoms with E-state index in [-0.39, 0.29) is 22.6 Å². The van der Waals surface area contributed by atoms with E-state index in [4.69, 9.17) is 9.63 Å². The maximum absolute atomic E-state index is 12.9. The van der Waals surface area contributed by atoms with E-state index in [1.165, 1.54) is 6.92 Å². The van der Waals surface area contributed by atoms with Crippen LogP contribution in [0.25, 0.3) is 17.2 Å². The summed E-state index contributed by atoms with van der Waals surface area (Å²) < 4.78 is 82.3. The van der Waals surface area contributed by atoms with Crippen molar-refractivity contribution in [1.82, 2.24) is 5.16 Å². The van der Waals surface area contributed by atoms with Gasteiger partial charge < -0.3 is 14.7 Å². The third kappa shape index (κ3) is 3.68. The number of nitrogens with zero attached hydrogens (tertiary/aromatic N) is 1. The van der Waals surface area contributed by atoms with Gasteiger partial charge >= 0.3 is 18.3 Å².